The molecule has 9 nitrogen and oxygen atoms in total. The number of hydrogen-bond acceptors (Lipinski definition) is 7. The first-order valence-electron chi connectivity index (χ1n) is 12.9. The Morgan fingerprint density at radius 1 is 1.06 bits per heavy atom. The molecule has 1 aliphatic carbocycles. The van der Waals surface area contributed by atoms with Gasteiger partial charge in [-0.15, -0.1) is 0 Å². The Morgan fingerprint density at radius 2 is 1.80 bits per heavy atom. The summed E-state index contributed by atoms with van der Waals surface area (Å²) in [4.78, 5) is 24.4. The van der Waals surface area contributed by atoms with E-state index in [4.69, 9.17) is 4.98 Å². The number of piperidine rings is 1. The number of pyridine rings is 1. The quantitative estimate of drug-likeness (QED) is 0.651. The molecule has 35 heavy (non-hydrogen) atoms. The van der Waals surface area contributed by atoms with Crippen LogP contribution in [-0.2, 0) is 10.0 Å². The fourth-order valence-corrected chi connectivity index (χ4v) is 6.99. The van der Waals surface area contributed by atoms with E-state index in [9.17, 15) is 13.2 Å². The zero-order chi connectivity index (χ0) is 24.6. The number of sulfonamides is 1. The molecule has 1 saturated carbocycles. The molecule has 0 amide bonds. The molecule has 5 rings (SSSR count). The minimum Gasteiger partial charge on any atom is -0.351 e. The van der Waals surface area contributed by atoms with Gasteiger partial charge in [-0.3, -0.25) is 14.3 Å². The van der Waals surface area contributed by atoms with Crippen molar-refractivity contribution in [1.29, 1.82) is 0 Å². The number of anilines is 1. The van der Waals surface area contributed by atoms with Crippen molar-refractivity contribution in [2.24, 2.45) is 0 Å². The van der Waals surface area contributed by atoms with Crippen LogP contribution >= 0.6 is 0 Å². The van der Waals surface area contributed by atoms with Crippen molar-refractivity contribution < 1.29 is 8.42 Å². The van der Waals surface area contributed by atoms with Crippen molar-refractivity contribution in [3.8, 4) is 0 Å². The number of aryl methyl sites for hydroxylation is 1. The summed E-state index contributed by atoms with van der Waals surface area (Å²) in [6.45, 7) is 3.79. The molecular weight excluding hydrogens is 464 g/mol. The maximum atomic E-state index is 13.0. The molecule has 1 unspecified atom stereocenters. The fourth-order valence-electron chi connectivity index (χ4n) is 5.72. The Balaban J connectivity index is 1.27. The molecule has 2 aromatic heterocycles. The van der Waals surface area contributed by atoms with Crippen LogP contribution in [0.2, 0.25) is 0 Å². The number of likely N-dealkylation sites (N-methyl/N-ethyl adjacent to an activating group) is 1. The Labute approximate surface area is 207 Å². The molecule has 0 aromatic carbocycles. The molecule has 4 heterocycles. The summed E-state index contributed by atoms with van der Waals surface area (Å²) in [6, 6.07) is 2.35. The van der Waals surface area contributed by atoms with Crippen molar-refractivity contribution in [3.63, 3.8) is 0 Å². The first-order chi connectivity index (χ1) is 16.8. The molecular formula is C25H36N6O3S. The Bertz CT molecular complexity index is 1260. The van der Waals surface area contributed by atoms with Crippen LogP contribution in [0.25, 0.3) is 11.0 Å². The molecule has 1 atom stereocenters. The van der Waals surface area contributed by atoms with Gasteiger partial charge in [0, 0.05) is 53.8 Å². The van der Waals surface area contributed by atoms with Gasteiger partial charge in [-0.1, -0.05) is 18.9 Å². The second-order valence-corrected chi connectivity index (χ2v) is 12.1. The van der Waals surface area contributed by atoms with Crippen molar-refractivity contribution in [2.45, 2.75) is 76.4 Å². The second kappa shape index (κ2) is 9.99. The third kappa shape index (κ3) is 5.15. The molecule has 0 bridgehead atoms. The Kier molecular flexibility index (Phi) is 6.96. The predicted molar refractivity (Wildman–Crippen MR) is 138 cm³/mol. The van der Waals surface area contributed by atoms with Crippen LogP contribution in [0.4, 0.5) is 5.95 Å². The first-order valence-corrected chi connectivity index (χ1v) is 14.4. The van der Waals surface area contributed by atoms with Gasteiger partial charge in [-0.05, 0) is 65.1 Å². The molecule has 1 N–H and O–H groups in total. The van der Waals surface area contributed by atoms with Crippen LogP contribution in [0.1, 0.15) is 63.0 Å². The Hall–Kier alpha value is -2.30. The molecule has 10 heteroatoms. The average Bonchev–Trinajstić information content (AvgIpc) is 3.51. The monoisotopic (exact) mass is 500 g/mol. The smallest absolute Gasteiger partial charge is 0.255 e. The summed E-state index contributed by atoms with van der Waals surface area (Å²) in [5.74, 6) is 0.498. The summed E-state index contributed by atoms with van der Waals surface area (Å²) < 4.78 is 29.1. The van der Waals surface area contributed by atoms with Gasteiger partial charge < -0.3 is 5.32 Å². The zero-order valence-corrected chi connectivity index (χ0v) is 21.5. The summed E-state index contributed by atoms with van der Waals surface area (Å²) in [5, 5.41) is 5.66. The fraction of sp³-hybridized carbons (Fsp3) is 0.640. The molecule has 2 aliphatic heterocycles. The van der Waals surface area contributed by atoms with Crippen molar-refractivity contribution in [2.75, 3.05) is 32.0 Å². The van der Waals surface area contributed by atoms with Crippen molar-refractivity contribution in [3.05, 3.63) is 39.7 Å². The third-order valence-corrected chi connectivity index (χ3v) is 9.42. The summed E-state index contributed by atoms with van der Waals surface area (Å²) in [5.41, 5.74) is 1.44. The largest absolute Gasteiger partial charge is 0.351 e. The predicted octanol–water partition coefficient (Wildman–Crippen LogP) is 3.03. The van der Waals surface area contributed by atoms with E-state index >= 15 is 0 Å². The SMILES string of the molecule is Cc1cc2cnc(NC3CCN(S(=O)(=O)/C=C/C4CCCN4C)CC3)nc2n(C2CCCC2)c1=O. The Morgan fingerprint density at radius 3 is 2.49 bits per heavy atom. The van der Waals surface area contributed by atoms with Crippen LogP contribution < -0.4 is 10.9 Å². The maximum Gasteiger partial charge on any atom is 0.255 e. The third-order valence-electron chi connectivity index (χ3n) is 7.84. The number of hydrogen-bond donors (Lipinski definition) is 1. The number of likely N-dealkylation sites (tertiary alicyclic amines) is 1. The van der Waals surface area contributed by atoms with E-state index in [0.29, 0.717) is 37.5 Å². The van der Waals surface area contributed by atoms with E-state index in [1.54, 1.807) is 10.5 Å². The highest BCUT2D eigenvalue weighted by atomic mass is 32.2. The molecule has 3 aliphatic rings. The molecule has 0 spiro atoms. The number of fused-ring (bicyclic) bond motifs is 1. The zero-order valence-electron chi connectivity index (χ0n) is 20.7. The lowest BCUT2D eigenvalue weighted by molar-refractivity contribution is 0.332. The summed E-state index contributed by atoms with van der Waals surface area (Å²) >= 11 is 0. The van der Waals surface area contributed by atoms with E-state index in [1.807, 2.05) is 30.7 Å². The lowest BCUT2D eigenvalue weighted by atomic mass is 10.1. The summed E-state index contributed by atoms with van der Waals surface area (Å²) in [6.07, 6.45) is 11.4. The minimum atomic E-state index is -3.41. The van der Waals surface area contributed by atoms with Gasteiger partial charge in [0.1, 0.15) is 5.65 Å². The standard InChI is InChI=1S/C25H36N6O3S/c1-18-16-19-17-26-25(28-23(19)31(24(18)32)22-6-3-4-7-22)27-20-9-13-30(14-10-20)35(33,34)15-11-21-8-5-12-29(21)2/h11,15-17,20-22H,3-10,12-14H2,1-2H3,(H,26,27,28)/b15-11+. The van der Waals surface area contributed by atoms with E-state index in [2.05, 4.69) is 15.2 Å². The molecule has 2 aromatic rings. The van der Waals surface area contributed by atoms with Gasteiger partial charge in [0.05, 0.1) is 0 Å². The highest BCUT2D eigenvalue weighted by Crippen LogP contribution is 2.31. The van der Waals surface area contributed by atoms with Crippen molar-refractivity contribution >= 4 is 27.0 Å². The molecule has 3 fully saturated rings. The van der Waals surface area contributed by atoms with Gasteiger partial charge >= 0.3 is 0 Å². The topological polar surface area (TPSA) is 100 Å². The molecule has 190 valence electrons. The van der Waals surface area contributed by atoms with Crippen LogP contribution in [0.5, 0.6) is 0 Å². The minimum absolute atomic E-state index is 0.0319. The van der Waals surface area contributed by atoms with Gasteiger partial charge in [0.25, 0.3) is 5.56 Å². The normalized spacial score (nSPS) is 23.7. The lowest BCUT2D eigenvalue weighted by Crippen LogP contribution is -2.42. The molecule has 2 saturated heterocycles. The van der Waals surface area contributed by atoms with Gasteiger partial charge in [0.15, 0.2) is 0 Å². The van der Waals surface area contributed by atoms with E-state index < -0.39 is 10.0 Å². The van der Waals surface area contributed by atoms with Crippen molar-refractivity contribution in [1.82, 2.24) is 23.7 Å². The molecule has 0 radical (unpaired) electrons. The average molecular weight is 501 g/mol. The van der Waals surface area contributed by atoms with Crippen LogP contribution in [-0.4, -0.2) is 70.9 Å². The van der Waals surface area contributed by atoms with E-state index in [1.165, 1.54) is 5.41 Å². The number of aromatic nitrogens is 3. The van der Waals surface area contributed by atoms with Crippen LogP contribution in [0.3, 0.4) is 0 Å². The van der Waals surface area contributed by atoms with E-state index in [-0.39, 0.29) is 23.7 Å². The van der Waals surface area contributed by atoms with E-state index in [0.717, 1.165) is 56.0 Å². The van der Waals surface area contributed by atoms with Gasteiger partial charge in [-0.2, -0.15) is 9.29 Å². The van der Waals surface area contributed by atoms with Gasteiger partial charge in [0.2, 0.25) is 16.0 Å². The van der Waals surface area contributed by atoms with Crippen LogP contribution in [0.15, 0.2) is 28.5 Å². The maximum absolute atomic E-state index is 13.0. The van der Waals surface area contributed by atoms with Gasteiger partial charge in [-0.25, -0.2) is 13.4 Å². The summed E-state index contributed by atoms with van der Waals surface area (Å²) in [7, 11) is -1.38. The number of nitrogens with one attached hydrogen (secondary N) is 1. The first kappa shape index (κ1) is 24.4. The highest BCUT2D eigenvalue weighted by Gasteiger charge is 2.28. The second-order valence-electron chi connectivity index (χ2n) is 10.3. The highest BCUT2D eigenvalue weighted by molar-refractivity contribution is 7.92. The lowest BCUT2D eigenvalue weighted by Gasteiger charge is -2.31. The number of rotatable bonds is 6. The number of nitrogens with zero attached hydrogens (tertiary/aromatic N) is 5. The van der Waals surface area contributed by atoms with Crippen LogP contribution in [0, 0.1) is 6.92 Å².